The summed E-state index contributed by atoms with van der Waals surface area (Å²) >= 11 is 0. The second-order valence-corrected chi connectivity index (χ2v) is 4.90. The molecular formula is C15H23N3. The lowest BCUT2D eigenvalue weighted by Crippen LogP contribution is -2.25. The summed E-state index contributed by atoms with van der Waals surface area (Å²) in [6.07, 6.45) is 4.67. The first kappa shape index (κ1) is 13.1. The van der Waals surface area contributed by atoms with Gasteiger partial charge in [0.25, 0.3) is 0 Å². The van der Waals surface area contributed by atoms with Crippen molar-refractivity contribution < 1.29 is 0 Å². The Morgan fingerprint density at radius 3 is 2.78 bits per heavy atom. The van der Waals surface area contributed by atoms with E-state index in [0.29, 0.717) is 6.04 Å². The largest absolute Gasteiger partial charge is 0.317 e. The summed E-state index contributed by atoms with van der Waals surface area (Å²) in [5, 5.41) is 9.34. The van der Waals surface area contributed by atoms with Crippen molar-refractivity contribution in [2.45, 2.75) is 38.6 Å². The summed E-state index contributed by atoms with van der Waals surface area (Å²) in [4.78, 5) is 0. The van der Waals surface area contributed by atoms with Gasteiger partial charge in [0.15, 0.2) is 0 Å². The molecule has 3 nitrogen and oxygen atoms in total. The average molecular weight is 245 g/mol. The molecule has 1 aromatic heterocycles. The van der Waals surface area contributed by atoms with E-state index in [1.54, 1.807) is 0 Å². The van der Waals surface area contributed by atoms with Crippen molar-refractivity contribution in [3.8, 4) is 0 Å². The highest BCUT2D eigenvalue weighted by atomic mass is 15.3. The molecule has 0 fully saturated rings. The summed E-state index contributed by atoms with van der Waals surface area (Å²) in [5.74, 6) is 0. The highest BCUT2D eigenvalue weighted by molar-refractivity contribution is 5.81. The van der Waals surface area contributed by atoms with Crippen LogP contribution in [-0.4, -0.2) is 22.9 Å². The Morgan fingerprint density at radius 2 is 2.06 bits per heavy atom. The second-order valence-electron chi connectivity index (χ2n) is 4.90. The first-order valence-electron chi connectivity index (χ1n) is 6.84. The number of fused-ring (bicyclic) bond motifs is 1. The number of para-hydroxylation sites is 1. The lowest BCUT2D eigenvalue weighted by molar-refractivity contribution is 0.481. The average Bonchev–Trinajstić information content (AvgIpc) is 2.72. The Bertz CT molecular complexity index is 501. The summed E-state index contributed by atoms with van der Waals surface area (Å²) in [6.45, 7) is 2.24. The second kappa shape index (κ2) is 6.01. The summed E-state index contributed by atoms with van der Waals surface area (Å²) in [6, 6.07) is 9.08. The van der Waals surface area contributed by atoms with Crippen molar-refractivity contribution in [2.75, 3.05) is 7.05 Å². The van der Waals surface area contributed by atoms with E-state index in [1.807, 2.05) is 11.7 Å². The maximum atomic E-state index is 4.65. The van der Waals surface area contributed by atoms with Crippen LogP contribution in [-0.2, 0) is 13.5 Å². The van der Waals surface area contributed by atoms with Crippen molar-refractivity contribution in [2.24, 2.45) is 7.05 Å². The fraction of sp³-hybridized carbons (Fsp3) is 0.533. The highest BCUT2D eigenvalue weighted by Gasteiger charge is 2.10. The SMILES string of the molecule is CCCC(CCc1nn(C)c2ccccc12)NC. The quantitative estimate of drug-likeness (QED) is 0.848. The van der Waals surface area contributed by atoms with Gasteiger partial charge in [0.1, 0.15) is 0 Å². The predicted molar refractivity (Wildman–Crippen MR) is 76.8 cm³/mol. The molecule has 1 N–H and O–H groups in total. The number of nitrogens with zero attached hydrogens (tertiary/aromatic N) is 2. The highest BCUT2D eigenvalue weighted by Crippen LogP contribution is 2.19. The minimum Gasteiger partial charge on any atom is -0.317 e. The summed E-state index contributed by atoms with van der Waals surface area (Å²) in [7, 11) is 4.07. The van der Waals surface area contributed by atoms with Gasteiger partial charge in [-0.25, -0.2) is 0 Å². The Labute approximate surface area is 109 Å². The Morgan fingerprint density at radius 1 is 1.28 bits per heavy atom. The lowest BCUT2D eigenvalue weighted by Gasteiger charge is -2.13. The van der Waals surface area contributed by atoms with Gasteiger partial charge in [0, 0.05) is 18.5 Å². The number of hydrogen-bond acceptors (Lipinski definition) is 2. The molecule has 0 bridgehead atoms. The number of benzene rings is 1. The number of aryl methyl sites for hydroxylation is 2. The van der Waals surface area contributed by atoms with E-state index in [2.05, 4.69) is 48.7 Å². The Kier molecular flexibility index (Phi) is 4.37. The molecule has 2 rings (SSSR count). The molecule has 18 heavy (non-hydrogen) atoms. The van der Waals surface area contributed by atoms with Gasteiger partial charge in [-0.1, -0.05) is 31.5 Å². The molecule has 1 atom stereocenters. The smallest absolute Gasteiger partial charge is 0.0703 e. The van der Waals surface area contributed by atoms with Crippen LogP contribution >= 0.6 is 0 Å². The van der Waals surface area contributed by atoms with Gasteiger partial charge in [0.2, 0.25) is 0 Å². The molecule has 1 heterocycles. The maximum absolute atomic E-state index is 4.65. The molecule has 98 valence electrons. The molecule has 0 aliphatic heterocycles. The van der Waals surface area contributed by atoms with E-state index in [4.69, 9.17) is 0 Å². The number of rotatable bonds is 6. The number of aromatic nitrogens is 2. The molecule has 0 saturated heterocycles. The van der Waals surface area contributed by atoms with E-state index in [9.17, 15) is 0 Å². The zero-order chi connectivity index (χ0) is 13.0. The molecule has 0 spiro atoms. The van der Waals surface area contributed by atoms with Crippen LogP contribution in [0.2, 0.25) is 0 Å². The molecule has 0 saturated carbocycles. The topological polar surface area (TPSA) is 29.9 Å². The van der Waals surface area contributed by atoms with Gasteiger partial charge < -0.3 is 5.32 Å². The maximum Gasteiger partial charge on any atom is 0.0703 e. The van der Waals surface area contributed by atoms with Crippen molar-refractivity contribution in [3.05, 3.63) is 30.0 Å². The monoisotopic (exact) mass is 245 g/mol. The zero-order valence-corrected chi connectivity index (χ0v) is 11.6. The van der Waals surface area contributed by atoms with Crippen molar-refractivity contribution in [1.29, 1.82) is 0 Å². The van der Waals surface area contributed by atoms with Gasteiger partial charge in [-0.15, -0.1) is 0 Å². The fourth-order valence-electron chi connectivity index (χ4n) is 2.57. The molecule has 0 aliphatic rings. The van der Waals surface area contributed by atoms with Gasteiger partial charge in [-0.2, -0.15) is 5.10 Å². The van der Waals surface area contributed by atoms with Crippen LogP contribution < -0.4 is 5.32 Å². The third-order valence-corrected chi connectivity index (χ3v) is 3.61. The standard InChI is InChI=1S/C15H23N3/c1-4-7-12(16-2)10-11-14-13-8-5-6-9-15(13)18(3)17-14/h5-6,8-9,12,16H,4,7,10-11H2,1-3H3. The summed E-state index contributed by atoms with van der Waals surface area (Å²) < 4.78 is 1.98. The molecular weight excluding hydrogens is 222 g/mol. The molecule has 1 aromatic carbocycles. The Hall–Kier alpha value is -1.35. The third kappa shape index (κ3) is 2.72. The van der Waals surface area contributed by atoms with Crippen molar-refractivity contribution in [3.63, 3.8) is 0 Å². The number of hydrogen-bond donors (Lipinski definition) is 1. The first-order valence-corrected chi connectivity index (χ1v) is 6.84. The van der Waals surface area contributed by atoms with Crippen LogP contribution in [0.1, 0.15) is 31.9 Å². The first-order chi connectivity index (χ1) is 8.76. The van der Waals surface area contributed by atoms with Gasteiger partial charge in [-0.3, -0.25) is 4.68 Å². The van der Waals surface area contributed by atoms with Crippen LogP contribution in [0.5, 0.6) is 0 Å². The van der Waals surface area contributed by atoms with Crippen LogP contribution in [0.25, 0.3) is 10.9 Å². The molecule has 3 heteroatoms. The van der Waals surface area contributed by atoms with Gasteiger partial charge in [-0.05, 0) is 32.4 Å². The molecule has 0 amide bonds. The van der Waals surface area contributed by atoms with E-state index in [1.165, 1.54) is 29.4 Å². The fourth-order valence-corrected chi connectivity index (χ4v) is 2.57. The summed E-state index contributed by atoms with van der Waals surface area (Å²) in [5.41, 5.74) is 2.45. The van der Waals surface area contributed by atoms with Crippen LogP contribution in [0, 0.1) is 0 Å². The third-order valence-electron chi connectivity index (χ3n) is 3.61. The molecule has 0 radical (unpaired) electrons. The van der Waals surface area contributed by atoms with Crippen LogP contribution in [0.15, 0.2) is 24.3 Å². The molecule has 2 aromatic rings. The van der Waals surface area contributed by atoms with Crippen molar-refractivity contribution in [1.82, 2.24) is 15.1 Å². The minimum absolute atomic E-state index is 0.607. The lowest BCUT2D eigenvalue weighted by atomic mass is 10.0. The minimum atomic E-state index is 0.607. The predicted octanol–water partition coefficient (Wildman–Crippen LogP) is 2.89. The molecule has 0 aliphatic carbocycles. The Balaban J connectivity index is 2.12. The van der Waals surface area contributed by atoms with E-state index in [-0.39, 0.29) is 0 Å². The van der Waals surface area contributed by atoms with Crippen LogP contribution in [0.3, 0.4) is 0 Å². The normalized spacial score (nSPS) is 13.1. The molecule has 1 unspecified atom stereocenters. The van der Waals surface area contributed by atoms with E-state index < -0.39 is 0 Å². The van der Waals surface area contributed by atoms with Crippen molar-refractivity contribution >= 4 is 10.9 Å². The number of nitrogens with one attached hydrogen (secondary N) is 1. The van der Waals surface area contributed by atoms with Gasteiger partial charge >= 0.3 is 0 Å². The van der Waals surface area contributed by atoms with E-state index in [0.717, 1.165) is 12.8 Å². The van der Waals surface area contributed by atoms with Gasteiger partial charge in [0.05, 0.1) is 11.2 Å². The van der Waals surface area contributed by atoms with Crippen LogP contribution in [0.4, 0.5) is 0 Å². The zero-order valence-electron chi connectivity index (χ0n) is 11.6. The van der Waals surface area contributed by atoms with E-state index >= 15 is 0 Å².